The SMILES string of the molecule is C[C@H]1C[C@H](NC(=O)OC(C)(C)C)C[C@@H]1CO. The molecule has 16 heavy (non-hydrogen) atoms. The van der Waals surface area contributed by atoms with Crippen LogP contribution in [0.3, 0.4) is 0 Å². The molecule has 1 aliphatic rings. The van der Waals surface area contributed by atoms with Gasteiger partial charge in [0, 0.05) is 12.6 Å². The standard InChI is InChI=1S/C12H23NO3/c1-8-5-10(6-9(8)7-14)13-11(15)16-12(2,3)4/h8-10,14H,5-7H2,1-4H3,(H,13,15)/t8-,9+,10-/m0/s1. The molecule has 0 saturated heterocycles. The van der Waals surface area contributed by atoms with E-state index in [4.69, 9.17) is 9.84 Å². The molecule has 0 aromatic carbocycles. The fourth-order valence-corrected chi connectivity index (χ4v) is 2.18. The predicted octanol–water partition coefficient (Wildman–Crippen LogP) is 1.92. The maximum atomic E-state index is 11.5. The molecule has 3 atom stereocenters. The average molecular weight is 229 g/mol. The minimum absolute atomic E-state index is 0.141. The van der Waals surface area contributed by atoms with E-state index in [0.29, 0.717) is 11.8 Å². The zero-order valence-electron chi connectivity index (χ0n) is 10.6. The van der Waals surface area contributed by atoms with Crippen LogP contribution < -0.4 is 5.32 Å². The van der Waals surface area contributed by atoms with Gasteiger partial charge in [0.1, 0.15) is 5.60 Å². The molecule has 4 nitrogen and oxygen atoms in total. The first-order chi connectivity index (χ1) is 7.31. The lowest BCUT2D eigenvalue weighted by Gasteiger charge is -2.21. The van der Waals surface area contributed by atoms with E-state index in [2.05, 4.69) is 12.2 Å². The second kappa shape index (κ2) is 5.04. The number of aliphatic hydroxyl groups excluding tert-OH is 1. The lowest BCUT2D eigenvalue weighted by molar-refractivity contribution is 0.0503. The van der Waals surface area contributed by atoms with Crippen LogP contribution in [-0.2, 0) is 4.74 Å². The third-order valence-electron chi connectivity index (χ3n) is 3.00. The quantitative estimate of drug-likeness (QED) is 0.760. The van der Waals surface area contributed by atoms with Gasteiger partial charge in [0.05, 0.1) is 0 Å². The molecule has 1 aliphatic carbocycles. The molecule has 0 heterocycles. The summed E-state index contributed by atoms with van der Waals surface area (Å²) in [6.45, 7) is 7.85. The Morgan fingerprint density at radius 2 is 2.06 bits per heavy atom. The molecular weight excluding hydrogens is 206 g/mol. The third kappa shape index (κ3) is 4.00. The highest BCUT2D eigenvalue weighted by atomic mass is 16.6. The van der Waals surface area contributed by atoms with Crippen LogP contribution in [0.5, 0.6) is 0 Å². The summed E-state index contributed by atoms with van der Waals surface area (Å²) in [4.78, 5) is 11.5. The van der Waals surface area contributed by atoms with E-state index >= 15 is 0 Å². The Kier molecular flexibility index (Phi) is 4.19. The minimum Gasteiger partial charge on any atom is -0.444 e. The molecule has 94 valence electrons. The van der Waals surface area contributed by atoms with Gasteiger partial charge in [-0.15, -0.1) is 0 Å². The van der Waals surface area contributed by atoms with Crippen LogP contribution in [-0.4, -0.2) is 29.4 Å². The van der Waals surface area contributed by atoms with Crippen molar-refractivity contribution < 1.29 is 14.6 Å². The van der Waals surface area contributed by atoms with Gasteiger partial charge in [-0.25, -0.2) is 4.79 Å². The monoisotopic (exact) mass is 229 g/mol. The summed E-state index contributed by atoms with van der Waals surface area (Å²) < 4.78 is 5.19. The van der Waals surface area contributed by atoms with E-state index in [1.165, 1.54) is 0 Å². The highest BCUT2D eigenvalue weighted by Crippen LogP contribution is 2.31. The van der Waals surface area contributed by atoms with Gasteiger partial charge in [-0.2, -0.15) is 0 Å². The summed E-state index contributed by atoms with van der Waals surface area (Å²) in [6.07, 6.45) is 1.41. The van der Waals surface area contributed by atoms with Crippen molar-refractivity contribution in [3.63, 3.8) is 0 Å². The first-order valence-electron chi connectivity index (χ1n) is 5.92. The summed E-state index contributed by atoms with van der Waals surface area (Å²) >= 11 is 0. The first-order valence-corrected chi connectivity index (χ1v) is 5.92. The van der Waals surface area contributed by atoms with Gasteiger partial charge in [0.2, 0.25) is 0 Å². The Bertz CT molecular complexity index is 247. The highest BCUT2D eigenvalue weighted by Gasteiger charge is 2.32. The topological polar surface area (TPSA) is 58.6 Å². The number of rotatable bonds is 2. The number of hydrogen-bond donors (Lipinski definition) is 2. The largest absolute Gasteiger partial charge is 0.444 e. The fourth-order valence-electron chi connectivity index (χ4n) is 2.18. The average Bonchev–Trinajstić information content (AvgIpc) is 2.42. The Morgan fingerprint density at radius 1 is 1.44 bits per heavy atom. The van der Waals surface area contributed by atoms with Crippen LogP contribution in [0, 0.1) is 11.8 Å². The number of amides is 1. The van der Waals surface area contributed by atoms with Crippen LogP contribution in [0.25, 0.3) is 0 Å². The molecule has 2 N–H and O–H groups in total. The van der Waals surface area contributed by atoms with Gasteiger partial charge in [-0.1, -0.05) is 6.92 Å². The molecule has 0 aromatic heterocycles. The zero-order chi connectivity index (χ0) is 12.3. The van der Waals surface area contributed by atoms with Gasteiger partial charge in [0.25, 0.3) is 0 Å². The number of aliphatic hydroxyl groups is 1. The lowest BCUT2D eigenvalue weighted by atomic mass is 10.00. The Hall–Kier alpha value is -0.770. The summed E-state index contributed by atoms with van der Waals surface area (Å²) in [5, 5.41) is 12.0. The van der Waals surface area contributed by atoms with E-state index in [1.54, 1.807) is 0 Å². The van der Waals surface area contributed by atoms with Gasteiger partial charge >= 0.3 is 6.09 Å². The van der Waals surface area contributed by atoms with Crippen molar-refractivity contribution in [2.45, 2.75) is 52.2 Å². The minimum atomic E-state index is -0.454. The summed E-state index contributed by atoms with van der Waals surface area (Å²) in [5.41, 5.74) is -0.454. The lowest BCUT2D eigenvalue weighted by Crippen LogP contribution is -2.38. The molecule has 0 spiro atoms. The van der Waals surface area contributed by atoms with Crippen LogP contribution in [0.15, 0.2) is 0 Å². The smallest absolute Gasteiger partial charge is 0.407 e. The van der Waals surface area contributed by atoms with Crippen LogP contribution in [0.2, 0.25) is 0 Å². The van der Waals surface area contributed by atoms with Crippen molar-refractivity contribution in [1.82, 2.24) is 5.32 Å². The summed E-state index contributed by atoms with van der Waals surface area (Å²) in [5.74, 6) is 0.768. The second-order valence-electron chi connectivity index (χ2n) is 5.73. The molecule has 0 unspecified atom stereocenters. The molecule has 1 amide bonds. The van der Waals surface area contributed by atoms with Crippen molar-refractivity contribution in [3.8, 4) is 0 Å². The molecule has 0 radical (unpaired) electrons. The predicted molar refractivity (Wildman–Crippen MR) is 62.1 cm³/mol. The molecule has 1 fully saturated rings. The van der Waals surface area contributed by atoms with Crippen LogP contribution in [0.4, 0.5) is 4.79 Å². The number of hydrogen-bond acceptors (Lipinski definition) is 3. The van der Waals surface area contributed by atoms with Crippen molar-refractivity contribution >= 4 is 6.09 Å². The van der Waals surface area contributed by atoms with Gasteiger partial charge < -0.3 is 15.2 Å². The van der Waals surface area contributed by atoms with Gasteiger partial charge in [-0.05, 0) is 45.4 Å². The zero-order valence-corrected chi connectivity index (χ0v) is 10.6. The molecule has 4 heteroatoms. The molecule has 1 saturated carbocycles. The number of ether oxygens (including phenoxy) is 1. The van der Waals surface area contributed by atoms with Crippen molar-refractivity contribution in [2.24, 2.45) is 11.8 Å². The van der Waals surface area contributed by atoms with Crippen LogP contribution in [0.1, 0.15) is 40.5 Å². The third-order valence-corrected chi connectivity index (χ3v) is 3.00. The summed E-state index contributed by atoms with van der Waals surface area (Å²) in [7, 11) is 0. The Labute approximate surface area is 97.4 Å². The fraction of sp³-hybridized carbons (Fsp3) is 0.917. The van der Waals surface area contributed by atoms with Crippen LogP contribution >= 0.6 is 0 Å². The summed E-state index contributed by atoms with van der Waals surface area (Å²) in [6, 6.07) is 0.141. The molecule has 0 aliphatic heterocycles. The second-order valence-corrected chi connectivity index (χ2v) is 5.73. The van der Waals surface area contributed by atoms with E-state index in [0.717, 1.165) is 12.8 Å². The van der Waals surface area contributed by atoms with E-state index < -0.39 is 5.60 Å². The molecule has 0 bridgehead atoms. The van der Waals surface area contributed by atoms with Crippen molar-refractivity contribution in [1.29, 1.82) is 0 Å². The van der Waals surface area contributed by atoms with E-state index in [1.807, 2.05) is 20.8 Å². The van der Waals surface area contributed by atoms with E-state index in [-0.39, 0.29) is 18.7 Å². The normalized spacial score (nSPS) is 30.2. The number of carbonyl (C=O) groups is 1. The maximum Gasteiger partial charge on any atom is 0.407 e. The number of carbonyl (C=O) groups excluding carboxylic acids is 1. The maximum absolute atomic E-state index is 11.5. The van der Waals surface area contributed by atoms with Gasteiger partial charge in [0.15, 0.2) is 0 Å². The van der Waals surface area contributed by atoms with Crippen molar-refractivity contribution in [3.05, 3.63) is 0 Å². The first kappa shape index (κ1) is 13.3. The number of alkyl carbamates (subject to hydrolysis) is 1. The van der Waals surface area contributed by atoms with Crippen molar-refractivity contribution in [2.75, 3.05) is 6.61 Å². The van der Waals surface area contributed by atoms with Gasteiger partial charge in [-0.3, -0.25) is 0 Å². The molecule has 1 rings (SSSR count). The molecular formula is C12H23NO3. The Balaban J connectivity index is 2.36. The Morgan fingerprint density at radius 3 is 2.50 bits per heavy atom. The highest BCUT2D eigenvalue weighted by molar-refractivity contribution is 5.68. The molecule has 0 aromatic rings. The number of nitrogens with one attached hydrogen (secondary N) is 1. The van der Waals surface area contributed by atoms with E-state index in [9.17, 15) is 4.79 Å².